The molecule has 0 aliphatic heterocycles. The van der Waals surface area contributed by atoms with Crippen molar-refractivity contribution in [3.05, 3.63) is 90.4 Å². The van der Waals surface area contributed by atoms with E-state index in [1.54, 1.807) is 0 Å². The van der Waals surface area contributed by atoms with Gasteiger partial charge < -0.3 is 13.6 Å². The second-order valence-electron chi connectivity index (χ2n) is 6.46. The van der Waals surface area contributed by atoms with E-state index in [-0.39, 0.29) is 17.2 Å². The molecule has 2 heterocycles. The van der Waals surface area contributed by atoms with Gasteiger partial charge in [0.15, 0.2) is 6.61 Å². The predicted molar refractivity (Wildman–Crippen MR) is 112 cm³/mol. The van der Waals surface area contributed by atoms with E-state index in [2.05, 4.69) is 11.4 Å². The molecule has 0 radical (unpaired) electrons. The zero-order valence-corrected chi connectivity index (χ0v) is 16.2. The molecule has 1 N–H and O–H groups in total. The Balaban J connectivity index is 1.63. The van der Waals surface area contributed by atoms with E-state index in [0.29, 0.717) is 11.3 Å². The summed E-state index contributed by atoms with van der Waals surface area (Å²) in [6.07, 6.45) is 1.33. The number of benzene rings is 2. The van der Waals surface area contributed by atoms with Crippen LogP contribution in [0.15, 0.2) is 87.9 Å². The molecule has 0 fully saturated rings. The minimum absolute atomic E-state index is 0.0127. The Kier molecular flexibility index (Phi) is 5.63. The molecule has 0 saturated carbocycles. The van der Waals surface area contributed by atoms with Crippen LogP contribution in [0.4, 0.5) is 5.88 Å². The number of hydrogen-bond donors (Lipinski definition) is 1. The van der Waals surface area contributed by atoms with Crippen molar-refractivity contribution < 1.29 is 23.2 Å². The standard InChI is InChI=1S/C24H16N2O5/c25-14-18-21(16-8-3-1-4-9-16)22(17-10-5-2-6-11-17)31-23(18)26-20(27)15-30-24(28)19-12-7-13-29-19/h1-13H,15H2,(H,26,27). The summed E-state index contributed by atoms with van der Waals surface area (Å²) >= 11 is 0. The summed E-state index contributed by atoms with van der Waals surface area (Å²) in [6.45, 7) is -0.563. The summed E-state index contributed by atoms with van der Waals surface area (Å²) < 4.78 is 15.8. The number of hydrogen-bond acceptors (Lipinski definition) is 6. The van der Waals surface area contributed by atoms with Gasteiger partial charge in [0, 0.05) is 11.1 Å². The van der Waals surface area contributed by atoms with Crippen LogP contribution in [0, 0.1) is 11.3 Å². The molecule has 2 aromatic carbocycles. The van der Waals surface area contributed by atoms with Crippen LogP contribution in [0.25, 0.3) is 22.5 Å². The molecule has 152 valence electrons. The number of amides is 1. The molecule has 1 amide bonds. The van der Waals surface area contributed by atoms with E-state index in [4.69, 9.17) is 13.6 Å². The number of esters is 1. The van der Waals surface area contributed by atoms with Gasteiger partial charge in [0.2, 0.25) is 11.6 Å². The van der Waals surface area contributed by atoms with Gasteiger partial charge in [0.1, 0.15) is 17.4 Å². The third kappa shape index (κ3) is 4.23. The first-order valence-electron chi connectivity index (χ1n) is 9.35. The summed E-state index contributed by atoms with van der Waals surface area (Å²) in [7, 11) is 0. The number of nitrogens with one attached hydrogen (secondary N) is 1. The van der Waals surface area contributed by atoms with Crippen LogP contribution in [0.1, 0.15) is 16.1 Å². The number of anilines is 1. The normalized spacial score (nSPS) is 10.3. The number of ether oxygens (including phenoxy) is 1. The van der Waals surface area contributed by atoms with E-state index in [1.165, 1.54) is 18.4 Å². The van der Waals surface area contributed by atoms with Gasteiger partial charge in [-0.05, 0) is 17.7 Å². The minimum atomic E-state index is -0.768. The Morgan fingerprint density at radius 3 is 2.23 bits per heavy atom. The Labute approximate surface area is 177 Å². The monoisotopic (exact) mass is 412 g/mol. The van der Waals surface area contributed by atoms with Crippen molar-refractivity contribution >= 4 is 17.8 Å². The molecular weight excluding hydrogens is 396 g/mol. The second kappa shape index (κ2) is 8.84. The molecule has 0 saturated heterocycles. The number of rotatable bonds is 6. The SMILES string of the molecule is N#Cc1c(NC(=O)COC(=O)c2ccco2)oc(-c2ccccc2)c1-c1ccccc1. The van der Waals surface area contributed by atoms with Crippen molar-refractivity contribution in [1.29, 1.82) is 5.26 Å². The highest BCUT2D eigenvalue weighted by molar-refractivity contribution is 5.97. The number of carbonyl (C=O) groups is 2. The number of carbonyl (C=O) groups excluding carboxylic acids is 2. The summed E-state index contributed by atoms with van der Waals surface area (Å²) in [6, 6.07) is 23.6. The predicted octanol–water partition coefficient (Wildman–Crippen LogP) is 4.87. The Bertz CT molecular complexity index is 1240. The third-order valence-corrected chi connectivity index (χ3v) is 4.43. The molecule has 2 aromatic heterocycles. The average Bonchev–Trinajstić information content (AvgIpc) is 3.47. The van der Waals surface area contributed by atoms with Gasteiger partial charge in [-0.15, -0.1) is 0 Å². The van der Waals surface area contributed by atoms with Crippen LogP contribution in [0.3, 0.4) is 0 Å². The van der Waals surface area contributed by atoms with E-state index >= 15 is 0 Å². The van der Waals surface area contributed by atoms with Gasteiger partial charge >= 0.3 is 5.97 Å². The van der Waals surface area contributed by atoms with Gasteiger partial charge in [-0.3, -0.25) is 10.1 Å². The highest BCUT2D eigenvalue weighted by Crippen LogP contribution is 2.41. The first-order valence-corrected chi connectivity index (χ1v) is 9.35. The molecule has 0 aliphatic rings. The van der Waals surface area contributed by atoms with Crippen LogP contribution in [0.5, 0.6) is 0 Å². The molecule has 4 rings (SSSR count). The maximum atomic E-state index is 12.4. The first kappa shape index (κ1) is 19.7. The molecule has 0 spiro atoms. The fourth-order valence-corrected chi connectivity index (χ4v) is 3.06. The number of furan rings is 2. The maximum Gasteiger partial charge on any atom is 0.374 e. The van der Waals surface area contributed by atoms with Crippen molar-refractivity contribution in [1.82, 2.24) is 0 Å². The lowest BCUT2D eigenvalue weighted by atomic mass is 9.98. The molecule has 0 aliphatic carbocycles. The topological polar surface area (TPSA) is 105 Å². The molecule has 7 nitrogen and oxygen atoms in total. The van der Waals surface area contributed by atoms with Crippen molar-refractivity contribution in [3.63, 3.8) is 0 Å². The van der Waals surface area contributed by atoms with E-state index in [0.717, 1.165) is 11.1 Å². The first-order chi connectivity index (χ1) is 15.2. The smallest absolute Gasteiger partial charge is 0.374 e. The third-order valence-electron chi connectivity index (χ3n) is 4.43. The highest BCUT2D eigenvalue weighted by atomic mass is 16.5. The second-order valence-corrected chi connectivity index (χ2v) is 6.46. The fraction of sp³-hybridized carbons (Fsp3) is 0.0417. The van der Waals surface area contributed by atoms with Crippen molar-refractivity contribution in [2.24, 2.45) is 0 Å². The lowest BCUT2D eigenvalue weighted by Gasteiger charge is -2.04. The zero-order valence-electron chi connectivity index (χ0n) is 16.2. The maximum absolute atomic E-state index is 12.4. The average molecular weight is 412 g/mol. The Hall–Kier alpha value is -4.57. The van der Waals surface area contributed by atoms with Gasteiger partial charge in [0.25, 0.3) is 5.91 Å². The molecular formula is C24H16N2O5. The Morgan fingerprint density at radius 1 is 0.935 bits per heavy atom. The van der Waals surface area contributed by atoms with Crippen LogP contribution in [-0.2, 0) is 9.53 Å². The van der Waals surface area contributed by atoms with Crippen molar-refractivity contribution in [3.8, 4) is 28.5 Å². The van der Waals surface area contributed by atoms with Gasteiger partial charge in [-0.25, -0.2) is 4.79 Å². The van der Waals surface area contributed by atoms with Gasteiger partial charge in [0.05, 0.1) is 6.26 Å². The summed E-state index contributed by atoms with van der Waals surface area (Å²) in [5, 5.41) is 12.3. The van der Waals surface area contributed by atoms with E-state index < -0.39 is 18.5 Å². The van der Waals surface area contributed by atoms with Crippen molar-refractivity contribution in [2.45, 2.75) is 0 Å². The molecule has 4 aromatic rings. The largest absolute Gasteiger partial charge is 0.457 e. The van der Waals surface area contributed by atoms with Crippen LogP contribution < -0.4 is 5.32 Å². The molecule has 0 bridgehead atoms. The number of nitrogens with zero attached hydrogens (tertiary/aromatic N) is 1. The minimum Gasteiger partial charge on any atom is -0.457 e. The Morgan fingerprint density at radius 2 is 1.61 bits per heavy atom. The summed E-state index contributed by atoms with van der Waals surface area (Å²) in [4.78, 5) is 24.2. The van der Waals surface area contributed by atoms with E-state index in [1.807, 2.05) is 60.7 Å². The molecule has 7 heteroatoms. The van der Waals surface area contributed by atoms with Crippen LogP contribution in [0.2, 0.25) is 0 Å². The van der Waals surface area contributed by atoms with E-state index in [9.17, 15) is 14.9 Å². The lowest BCUT2D eigenvalue weighted by molar-refractivity contribution is -0.119. The lowest BCUT2D eigenvalue weighted by Crippen LogP contribution is -2.20. The molecule has 0 unspecified atom stereocenters. The molecule has 31 heavy (non-hydrogen) atoms. The molecule has 0 atom stereocenters. The van der Waals surface area contributed by atoms with Gasteiger partial charge in [-0.1, -0.05) is 60.7 Å². The van der Waals surface area contributed by atoms with Gasteiger partial charge in [-0.2, -0.15) is 5.26 Å². The summed E-state index contributed by atoms with van der Waals surface area (Å²) in [5.74, 6) is -0.994. The quantitative estimate of drug-likeness (QED) is 0.453. The summed E-state index contributed by atoms with van der Waals surface area (Å²) in [5.41, 5.74) is 2.27. The van der Waals surface area contributed by atoms with Crippen molar-refractivity contribution in [2.75, 3.05) is 11.9 Å². The number of nitriles is 1. The van der Waals surface area contributed by atoms with Crippen LogP contribution in [-0.4, -0.2) is 18.5 Å². The highest BCUT2D eigenvalue weighted by Gasteiger charge is 2.24. The zero-order chi connectivity index (χ0) is 21.6. The fourth-order valence-electron chi connectivity index (χ4n) is 3.06. The van der Waals surface area contributed by atoms with Crippen LogP contribution >= 0.6 is 0 Å².